The van der Waals surface area contributed by atoms with Crippen LogP contribution in [0.1, 0.15) is 13.8 Å². The highest BCUT2D eigenvalue weighted by atomic mass is 16.5. The number of hydrogen-bond donors (Lipinski definition) is 2. The smallest absolute Gasteiger partial charge is 0.319 e. The van der Waals surface area contributed by atoms with Crippen molar-refractivity contribution in [3.63, 3.8) is 0 Å². The molecular weight excluding hydrogens is 322 g/mol. The molecule has 0 bridgehead atoms. The van der Waals surface area contributed by atoms with E-state index in [-0.39, 0.29) is 18.2 Å². The molecule has 2 aromatic heterocycles. The third-order valence-corrected chi connectivity index (χ3v) is 3.87. The summed E-state index contributed by atoms with van der Waals surface area (Å²) in [4.78, 5) is 22.4. The van der Waals surface area contributed by atoms with Gasteiger partial charge in [0.2, 0.25) is 0 Å². The second-order valence-corrected chi connectivity index (χ2v) is 6.14. The Labute approximate surface area is 146 Å². The molecular formula is C16H23N7O2. The fraction of sp³-hybridized carbons (Fsp3) is 0.500. The van der Waals surface area contributed by atoms with Crippen LogP contribution in [0.4, 0.5) is 10.5 Å². The third-order valence-electron chi connectivity index (χ3n) is 3.87. The van der Waals surface area contributed by atoms with Crippen LogP contribution in [0, 0.1) is 0 Å². The highest BCUT2D eigenvalue weighted by Gasteiger charge is 2.21. The van der Waals surface area contributed by atoms with E-state index in [1.165, 1.54) is 6.33 Å². The Kier molecular flexibility index (Phi) is 5.56. The Hall–Kier alpha value is -2.52. The summed E-state index contributed by atoms with van der Waals surface area (Å²) < 4.78 is 7.25. The Morgan fingerprint density at radius 3 is 2.76 bits per heavy atom. The van der Waals surface area contributed by atoms with Crippen LogP contribution < -0.4 is 10.6 Å². The van der Waals surface area contributed by atoms with Crippen molar-refractivity contribution in [1.29, 1.82) is 0 Å². The zero-order valence-corrected chi connectivity index (χ0v) is 14.4. The van der Waals surface area contributed by atoms with Crippen LogP contribution in [0.25, 0.3) is 5.82 Å². The number of pyridine rings is 1. The molecule has 25 heavy (non-hydrogen) atoms. The summed E-state index contributed by atoms with van der Waals surface area (Å²) in [6.45, 7) is 7.30. The van der Waals surface area contributed by atoms with Crippen LogP contribution >= 0.6 is 0 Å². The Bertz CT molecular complexity index is 664. The molecule has 0 aromatic carbocycles. The van der Waals surface area contributed by atoms with Gasteiger partial charge in [-0.25, -0.2) is 19.4 Å². The fourth-order valence-electron chi connectivity index (χ4n) is 2.89. The standard InChI is InChI=1S/C16H23N7O2/c1-12-8-22(9-13(2)25-12)6-5-18-16(24)21-14-3-4-15(19-7-14)23-11-17-10-20-23/h3-4,7,10-13H,5-6,8-9H2,1-2H3,(H2,18,21,24)/t12-,13-/m1/s1. The lowest BCUT2D eigenvalue weighted by Crippen LogP contribution is -2.48. The van der Waals surface area contributed by atoms with Crippen molar-refractivity contribution in [3.8, 4) is 5.82 Å². The first-order valence-corrected chi connectivity index (χ1v) is 8.34. The largest absolute Gasteiger partial charge is 0.373 e. The molecule has 1 aliphatic heterocycles. The van der Waals surface area contributed by atoms with E-state index < -0.39 is 0 Å². The molecule has 2 aromatic rings. The number of morpholine rings is 1. The van der Waals surface area contributed by atoms with E-state index in [1.807, 2.05) is 0 Å². The molecule has 3 heterocycles. The van der Waals surface area contributed by atoms with Crippen LogP contribution in [0.15, 0.2) is 31.0 Å². The second kappa shape index (κ2) is 8.04. The van der Waals surface area contributed by atoms with Crippen LogP contribution in [0.5, 0.6) is 0 Å². The Morgan fingerprint density at radius 1 is 1.32 bits per heavy atom. The highest BCUT2D eigenvalue weighted by Crippen LogP contribution is 2.10. The average Bonchev–Trinajstić information content (AvgIpc) is 3.09. The van der Waals surface area contributed by atoms with Gasteiger partial charge in [0.05, 0.1) is 24.1 Å². The first-order chi connectivity index (χ1) is 12.1. The molecule has 0 spiro atoms. The van der Waals surface area contributed by atoms with Crippen molar-refractivity contribution in [2.75, 3.05) is 31.5 Å². The molecule has 2 atom stereocenters. The monoisotopic (exact) mass is 345 g/mol. The number of rotatable bonds is 5. The van der Waals surface area contributed by atoms with Gasteiger partial charge in [0, 0.05) is 26.2 Å². The van der Waals surface area contributed by atoms with Crippen LogP contribution in [0.2, 0.25) is 0 Å². The van der Waals surface area contributed by atoms with Gasteiger partial charge in [-0.05, 0) is 26.0 Å². The van der Waals surface area contributed by atoms with Gasteiger partial charge in [-0.15, -0.1) is 0 Å². The maximum Gasteiger partial charge on any atom is 0.319 e. The molecule has 0 radical (unpaired) electrons. The molecule has 0 saturated carbocycles. The van der Waals surface area contributed by atoms with Crippen molar-refractivity contribution in [2.45, 2.75) is 26.1 Å². The predicted molar refractivity (Wildman–Crippen MR) is 92.6 cm³/mol. The number of ether oxygens (including phenoxy) is 1. The number of aromatic nitrogens is 4. The van der Waals surface area contributed by atoms with Gasteiger partial charge in [-0.3, -0.25) is 4.90 Å². The van der Waals surface area contributed by atoms with Crippen molar-refractivity contribution >= 4 is 11.7 Å². The van der Waals surface area contributed by atoms with Crippen molar-refractivity contribution in [3.05, 3.63) is 31.0 Å². The van der Waals surface area contributed by atoms with E-state index in [0.29, 0.717) is 18.1 Å². The van der Waals surface area contributed by atoms with Gasteiger partial charge in [0.15, 0.2) is 5.82 Å². The first kappa shape index (κ1) is 17.3. The van der Waals surface area contributed by atoms with E-state index in [4.69, 9.17) is 4.74 Å². The average molecular weight is 345 g/mol. The van der Waals surface area contributed by atoms with E-state index in [0.717, 1.165) is 19.6 Å². The molecule has 0 unspecified atom stereocenters. The number of nitrogens with one attached hydrogen (secondary N) is 2. The molecule has 2 amide bonds. The van der Waals surface area contributed by atoms with Gasteiger partial charge >= 0.3 is 6.03 Å². The minimum absolute atomic E-state index is 0.229. The SMILES string of the molecule is C[C@@H]1CN(CCNC(=O)Nc2ccc(-n3cncn3)nc2)C[C@@H](C)O1. The number of nitrogens with zero attached hydrogens (tertiary/aromatic N) is 5. The van der Waals surface area contributed by atoms with Crippen LogP contribution in [-0.4, -0.2) is 69.1 Å². The maximum absolute atomic E-state index is 12.0. The number of urea groups is 1. The highest BCUT2D eigenvalue weighted by molar-refractivity contribution is 5.89. The van der Waals surface area contributed by atoms with E-state index in [1.54, 1.807) is 29.3 Å². The number of carbonyl (C=O) groups is 1. The fourth-order valence-corrected chi connectivity index (χ4v) is 2.89. The minimum atomic E-state index is -0.246. The van der Waals surface area contributed by atoms with Gasteiger partial charge in [0.25, 0.3) is 0 Å². The van der Waals surface area contributed by atoms with E-state index in [9.17, 15) is 4.79 Å². The number of anilines is 1. The summed E-state index contributed by atoms with van der Waals surface area (Å²) in [5.74, 6) is 0.638. The Morgan fingerprint density at radius 2 is 2.12 bits per heavy atom. The van der Waals surface area contributed by atoms with E-state index in [2.05, 4.69) is 44.4 Å². The molecule has 3 rings (SSSR count). The molecule has 9 nitrogen and oxygen atoms in total. The molecule has 2 N–H and O–H groups in total. The van der Waals surface area contributed by atoms with Crippen molar-refractivity contribution < 1.29 is 9.53 Å². The predicted octanol–water partition coefficient (Wildman–Crippen LogP) is 0.893. The molecule has 1 saturated heterocycles. The summed E-state index contributed by atoms with van der Waals surface area (Å²) >= 11 is 0. The molecule has 1 fully saturated rings. The van der Waals surface area contributed by atoms with Crippen molar-refractivity contribution in [1.82, 2.24) is 30.0 Å². The number of hydrogen-bond acceptors (Lipinski definition) is 6. The first-order valence-electron chi connectivity index (χ1n) is 8.34. The van der Waals surface area contributed by atoms with Crippen LogP contribution in [-0.2, 0) is 4.74 Å². The second-order valence-electron chi connectivity index (χ2n) is 6.14. The lowest BCUT2D eigenvalue weighted by molar-refractivity contribution is -0.0672. The molecule has 9 heteroatoms. The zero-order valence-electron chi connectivity index (χ0n) is 14.4. The quantitative estimate of drug-likeness (QED) is 0.835. The van der Waals surface area contributed by atoms with Crippen LogP contribution in [0.3, 0.4) is 0 Å². The molecule has 0 aliphatic carbocycles. The number of carbonyl (C=O) groups excluding carboxylic acids is 1. The lowest BCUT2D eigenvalue weighted by atomic mass is 10.2. The van der Waals surface area contributed by atoms with Gasteiger partial charge < -0.3 is 15.4 Å². The maximum atomic E-state index is 12.0. The topological polar surface area (TPSA) is 97.2 Å². The van der Waals surface area contributed by atoms with Gasteiger partial charge in [-0.1, -0.05) is 0 Å². The summed E-state index contributed by atoms with van der Waals surface area (Å²) in [7, 11) is 0. The Balaban J connectivity index is 1.42. The normalized spacial score (nSPS) is 21.0. The number of amides is 2. The minimum Gasteiger partial charge on any atom is -0.373 e. The molecule has 1 aliphatic rings. The van der Waals surface area contributed by atoms with Gasteiger partial charge in [0.1, 0.15) is 12.7 Å². The lowest BCUT2D eigenvalue weighted by Gasteiger charge is -2.35. The van der Waals surface area contributed by atoms with E-state index >= 15 is 0 Å². The summed E-state index contributed by atoms with van der Waals surface area (Å²) in [6.07, 6.45) is 5.05. The summed E-state index contributed by atoms with van der Waals surface area (Å²) in [6, 6.07) is 3.29. The van der Waals surface area contributed by atoms with Gasteiger partial charge in [-0.2, -0.15) is 5.10 Å². The summed E-state index contributed by atoms with van der Waals surface area (Å²) in [5.41, 5.74) is 0.620. The zero-order chi connectivity index (χ0) is 17.6. The molecule has 134 valence electrons. The summed E-state index contributed by atoms with van der Waals surface area (Å²) in [5, 5.41) is 9.63. The third kappa shape index (κ3) is 4.97. The van der Waals surface area contributed by atoms with Crippen molar-refractivity contribution in [2.24, 2.45) is 0 Å².